The molecule has 2 atom stereocenters. The summed E-state index contributed by atoms with van der Waals surface area (Å²) in [6.45, 7) is 8.90. The van der Waals surface area contributed by atoms with E-state index >= 15 is 0 Å². The molecule has 0 aliphatic heterocycles. The Labute approximate surface area is 298 Å². The van der Waals surface area contributed by atoms with Crippen molar-refractivity contribution in [3.8, 4) is 0 Å². The molecule has 0 amide bonds. The normalized spacial score (nSPS) is 12.5. The van der Waals surface area contributed by atoms with Gasteiger partial charge in [-0.25, -0.2) is 0 Å². The van der Waals surface area contributed by atoms with E-state index in [2.05, 4.69) is 27.7 Å². The van der Waals surface area contributed by atoms with E-state index in [-0.39, 0.29) is 31.1 Å². The van der Waals surface area contributed by atoms with E-state index in [4.69, 9.17) is 14.2 Å². The summed E-state index contributed by atoms with van der Waals surface area (Å²) in [5.74, 6) is -0.0298. The Morgan fingerprint density at radius 2 is 0.729 bits per heavy atom. The first-order chi connectivity index (χ1) is 23.4. The fourth-order valence-corrected chi connectivity index (χ4v) is 6.06. The van der Waals surface area contributed by atoms with Gasteiger partial charge in [-0.1, -0.05) is 188 Å². The minimum Gasteiger partial charge on any atom is -0.462 e. The topological polar surface area (TPSA) is 78.9 Å². The van der Waals surface area contributed by atoms with Crippen LogP contribution in [-0.4, -0.2) is 37.2 Å². The lowest BCUT2D eigenvalue weighted by Crippen LogP contribution is -2.30. The van der Waals surface area contributed by atoms with Crippen molar-refractivity contribution in [2.75, 3.05) is 13.2 Å². The molecule has 0 fully saturated rings. The first-order valence-corrected chi connectivity index (χ1v) is 20.9. The maximum absolute atomic E-state index is 12.6. The van der Waals surface area contributed by atoms with Gasteiger partial charge in [0.05, 0.1) is 0 Å². The van der Waals surface area contributed by atoms with Gasteiger partial charge in [-0.15, -0.1) is 0 Å². The molecule has 0 heterocycles. The molecule has 0 N–H and O–H groups in total. The summed E-state index contributed by atoms with van der Waals surface area (Å²) in [7, 11) is 0. The predicted octanol–water partition coefficient (Wildman–Crippen LogP) is 12.8. The van der Waals surface area contributed by atoms with Crippen LogP contribution in [0.4, 0.5) is 0 Å². The van der Waals surface area contributed by atoms with E-state index in [9.17, 15) is 14.4 Å². The number of esters is 3. The fourth-order valence-electron chi connectivity index (χ4n) is 6.06. The molecule has 284 valence electrons. The molecule has 0 spiro atoms. The van der Waals surface area contributed by atoms with Crippen LogP contribution >= 0.6 is 0 Å². The second-order valence-corrected chi connectivity index (χ2v) is 14.5. The number of carbonyl (C=O) groups excluding carboxylic acids is 3. The second kappa shape index (κ2) is 36.7. The van der Waals surface area contributed by atoms with Crippen molar-refractivity contribution in [2.24, 2.45) is 5.92 Å². The molecule has 1 unspecified atom stereocenters. The molecule has 0 aliphatic rings. The number of carbonyl (C=O) groups is 3. The van der Waals surface area contributed by atoms with Gasteiger partial charge in [0.25, 0.3) is 0 Å². The van der Waals surface area contributed by atoms with Crippen LogP contribution in [0.15, 0.2) is 0 Å². The molecule has 0 aromatic carbocycles. The number of hydrogen-bond acceptors (Lipinski definition) is 6. The Bertz CT molecular complexity index is 723. The van der Waals surface area contributed by atoms with Gasteiger partial charge in [-0.2, -0.15) is 0 Å². The molecule has 6 heteroatoms. The maximum atomic E-state index is 12.6. The van der Waals surface area contributed by atoms with Crippen LogP contribution in [0.2, 0.25) is 0 Å². The minimum atomic E-state index is -0.757. The molecular weight excluding hydrogens is 600 g/mol. The van der Waals surface area contributed by atoms with Gasteiger partial charge in [0.1, 0.15) is 13.2 Å². The molecule has 6 nitrogen and oxygen atoms in total. The number of hydrogen-bond donors (Lipinski definition) is 0. The van der Waals surface area contributed by atoms with Crippen LogP contribution < -0.4 is 0 Å². The van der Waals surface area contributed by atoms with E-state index in [1.807, 2.05) is 0 Å². The fraction of sp³-hybridized carbons (Fsp3) is 0.929. The van der Waals surface area contributed by atoms with Crippen molar-refractivity contribution >= 4 is 17.9 Å². The number of rotatable bonds is 37. The first kappa shape index (κ1) is 46.4. The third-order valence-corrected chi connectivity index (χ3v) is 9.65. The molecular formula is C42H80O6. The van der Waals surface area contributed by atoms with E-state index in [0.717, 1.165) is 70.1 Å². The van der Waals surface area contributed by atoms with Crippen molar-refractivity contribution in [3.05, 3.63) is 0 Å². The molecule has 0 saturated heterocycles. The van der Waals surface area contributed by atoms with E-state index in [1.54, 1.807) is 0 Å². The molecule has 0 bridgehead atoms. The Morgan fingerprint density at radius 3 is 1.08 bits per heavy atom. The van der Waals surface area contributed by atoms with Crippen molar-refractivity contribution in [3.63, 3.8) is 0 Å². The maximum Gasteiger partial charge on any atom is 0.306 e. The zero-order chi connectivity index (χ0) is 35.3. The highest BCUT2D eigenvalue weighted by Gasteiger charge is 2.19. The van der Waals surface area contributed by atoms with Crippen molar-refractivity contribution in [2.45, 2.75) is 233 Å². The lowest BCUT2D eigenvalue weighted by Gasteiger charge is -2.18. The van der Waals surface area contributed by atoms with Gasteiger partial charge >= 0.3 is 17.9 Å². The molecule has 48 heavy (non-hydrogen) atoms. The second-order valence-electron chi connectivity index (χ2n) is 14.5. The Morgan fingerprint density at radius 1 is 0.417 bits per heavy atom. The lowest BCUT2D eigenvalue weighted by atomic mass is 9.99. The molecule has 0 saturated carbocycles. The van der Waals surface area contributed by atoms with Gasteiger partial charge in [0, 0.05) is 19.3 Å². The van der Waals surface area contributed by atoms with Gasteiger partial charge in [-0.3, -0.25) is 14.4 Å². The van der Waals surface area contributed by atoms with Gasteiger partial charge in [0.15, 0.2) is 6.10 Å². The van der Waals surface area contributed by atoms with Crippen LogP contribution in [0.5, 0.6) is 0 Å². The standard InChI is InChI=1S/C42H80O6/c1-5-8-10-12-13-14-15-16-17-18-22-26-30-34-41(44)47-37-39(36-46-40(43)33-29-24-11-9-6-2)48-42(45)35-31-27-23-20-19-21-25-28-32-38(4)7-3/h38-39H,5-37H2,1-4H3/t38?,39-/m1/s1. The summed E-state index contributed by atoms with van der Waals surface area (Å²) < 4.78 is 16.6. The summed E-state index contributed by atoms with van der Waals surface area (Å²) >= 11 is 0. The van der Waals surface area contributed by atoms with Crippen molar-refractivity contribution < 1.29 is 28.6 Å². The Kier molecular flexibility index (Phi) is 35.5. The number of unbranched alkanes of at least 4 members (excludes halogenated alkanes) is 23. The SMILES string of the molecule is CCCCCCCCCCCCCCCC(=O)OC[C@@H](COC(=O)CCCCCCC)OC(=O)CCCCCCCCCCC(C)CC. The smallest absolute Gasteiger partial charge is 0.306 e. The molecule has 0 aliphatic carbocycles. The van der Waals surface area contributed by atoms with Gasteiger partial charge in [-0.05, 0) is 25.2 Å². The minimum absolute atomic E-state index is 0.0656. The van der Waals surface area contributed by atoms with Crippen LogP contribution in [0.25, 0.3) is 0 Å². The summed E-state index contributed by atoms with van der Waals surface area (Å²) in [5, 5.41) is 0. The lowest BCUT2D eigenvalue weighted by molar-refractivity contribution is -0.167. The largest absolute Gasteiger partial charge is 0.462 e. The third kappa shape index (κ3) is 34.3. The summed E-state index contributed by atoms with van der Waals surface area (Å²) in [5.41, 5.74) is 0. The zero-order valence-electron chi connectivity index (χ0n) is 32.4. The van der Waals surface area contributed by atoms with E-state index < -0.39 is 6.10 Å². The van der Waals surface area contributed by atoms with E-state index in [1.165, 1.54) is 116 Å². The average Bonchev–Trinajstić information content (AvgIpc) is 3.08. The zero-order valence-corrected chi connectivity index (χ0v) is 32.4. The quantitative estimate of drug-likeness (QED) is 0.0369. The van der Waals surface area contributed by atoms with Crippen LogP contribution in [-0.2, 0) is 28.6 Å². The summed E-state index contributed by atoms with van der Waals surface area (Å²) in [4.78, 5) is 37.3. The van der Waals surface area contributed by atoms with Gasteiger partial charge < -0.3 is 14.2 Å². The highest BCUT2D eigenvalue weighted by atomic mass is 16.6. The third-order valence-electron chi connectivity index (χ3n) is 9.65. The molecule has 0 aromatic heterocycles. The monoisotopic (exact) mass is 681 g/mol. The van der Waals surface area contributed by atoms with Gasteiger partial charge in [0.2, 0.25) is 0 Å². The molecule has 0 aromatic rings. The Hall–Kier alpha value is -1.59. The summed E-state index contributed by atoms with van der Waals surface area (Å²) in [6, 6.07) is 0. The molecule has 0 rings (SSSR count). The van der Waals surface area contributed by atoms with Crippen molar-refractivity contribution in [1.29, 1.82) is 0 Å². The number of ether oxygens (including phenoxy) is 3. The Balaban J connectivity index is 4.24. The predicted molar refractivity (Wildman–Crippen MR) is 201 cm³/mol. The van der Waals surface area contributed by atoms with E-state index in [0.29, 0.717) is 19.3 Å². The average molecular weight is 681 g/mol. The van der Waals surface area contributed by atoms with Crippen LogP contribution in [0.3, 0.4) is 0 Å². The molecule has 0 radical (unpaired) electrons. The van der Waals surface area contributed by atoms with Crippen molar-refractivity contribution in [1.82, 2.24) is 0 Å². The highest BCUT2D eigenvalue weighted by Crippen LogP contribution is 2.16. The summed E-state index contributed by atoms with van der Waals surface area (Å²) in [6.07, 6.45) is 33.9. The highest BCUT2D eigenvalue weighted by molar-refractivity contribution is 5.71. The first-order valence-electron chi connectivity index (χ1n) is 20.9. The van der Waals surface area contributed by atoms with Crippen LogP contribution in [0, 0.1) is 5.92 Å². The van der Waals surface area contributed by atoms with Crippen LogP contribution in [0.1, 0.15) is 227 Å².